The number of aromatic nitrogens is 2. The Balaban J connectivity index is 1.48. The molecule has 1 saturated heterocycles. The molecule has 0 radical (unpaired) electrons. The van der Waals surface area contributed by atoms with Gasteiger partial charge in [0.2, 0.25) is 0 Å². The lowest BCUT2D eigenvalue weighted by Gasteiger charge is -2.35. The predicted octanol–water partition coefficient (Wildman–Crippen LogP) is 1.80. The van der Waals surface area contributed by atoms with Crippen molar-refractivity contribution in [2.45, 2.75) is 6.54 Å². The van der Waals surface area contributed by atoms with Gasteiger partial charge in [0.1, 0.15) is 0 Å². The zero-order valence-electron chi connectivity index (χ0n) is 14.9. The van der Waals surface area contributed by atoms with Crippen molar-refractivity contribution < 1.29 is 4.79 Å². The highest BCUT2D eigenvalue weighted by atomic mass is 16.2. The van der Waals surface area contributed by atoms with E-state index in [2.05, 4.69) is 32.3 Å². The first-order chi connectivity index (χ1) is 12.1. The van der Waals surface area contributed by atoms with Crippen LogP contribution < -0.4 is 10.2 Å². The summed E-state index contributed by atoms with van der Waals surface area (Å²) in [5.74, 6) is 0.606. The van der Waals surface area contributed by atoms with E-state index >= 15 is 0 Å². The Hall–Kier alpha value is -2.54. The van der Waals surface area contributed by atoms with Gasteiger partial charge in [-0.2, -0.15) is 5.10 Å². The summed E-state index contributed by atoms with van der Waals surface area (Å²) in [4.78, 5) is 18.7. The monoisotopic (exact) mass is 342 g/mol. The van der Waals surface area contributed by atoms with Gasteiger partial charge in [0, 0.05) is 50.7 Å². The zero-order valence-corrected chi connectivity index (χ0v) is 14.9. The third-order valence-corrected chi connectivity index (χ3v) is 4.34. The lowest BCUT2D eigenvalue weighted by Crippen LogP contribution is -2.50. The van der Waals surface area contributed by atoms with Gasteiger partial charge >= 0.3 is 6.03 Å². The van der Waals surface area contributed by atoms with Crippen molar-refractivity contribution in [3.63, 3.8) is 0 Å². The molecule has 7 nitrogen and oxygen atoms in total. The molecule has 1 aromatic heterocycles. The first-order valence-corrected chi connectivity index (χ1v) is 8.66. The standard InChI is InChI=1S/C18H26N6O/c1-21(2)10-15-24-9-8-17(20-24)19-18(25)23-13-11-22(12-14-23)16-6-4-3-5-7-16/h3-9H,10-15H2,1-2H3,(H,19,20,25). The number of urea groups is 1. The van der Waals surface area contributed by atoms with Gasteiger partial charge in [-0.25, -0.2) is 4.79 Å². The number of para-hydroxylation sites is 1. The molecule has 0 atom stereocenters. The van der Waals surface area contributed by atoms with Crippen LogP contribution in [0.2, 0.25) is 0 Å². The maximum atomic E-state index is 12.4. The second-order valence-corrected chi connectivity index (χ2v) is 6.51. The van der Waals surface area contributed by atoms with Gasteiger partial charge in [-0.3, -0.25) is 10.00 Å². The molecular weight excluding hydrogens is 316 g/mol. The van der Waals surface area contributed by atoms with E-state index in [1.54, 1.807) is 0 Å². The number of piperazine rings is 1. The van der Waals surface area contributed by atoms with Crippen LogP contribution in [0, 0.1) is 0 Å². The number of nitrogens with one attached hydrogen (secondary N) is 1. The van der Waals surface area contributed by atoms with Crippen LogP contribution in [0.3, 0.4) is 0 Å². The smallest absolute Gasteiger partial charge is 0.323 e. The molecule has 2 heterocycles. The van der Waals surface area contributed by atoms with Crippen LogP contribution in [0.15, 0.2) is 42.6 Å². The Morgan fingerprint density at radius 1 is 1.12 bits per heavy atom. The summed E-state index contributed by atoms with van der Waals surface area (Å²) in [6.45, 7) is 4.82. The number of amides is 2. The summed E-state index contributed by atoms with van der Waals surface area (Å²) in [5, 5.41) is 7.30. The molecule has 1 aromatic carbocycles. The molecule has 134 valence electrons. The van der Waals surface area contributed by atoms with Crippen molar-refractivity contribution in [1.29, 1.82) is 0 Å². The highest BCUT2D eigenvalue weighted by Crippen LogP contribution is 2.16. The van der Waals surface area contributed by atoms with Crippen molar-refractivity contribution in [2.75, 3.05) is 57.0 Å². The maximum Gasteiger partial charge on any atom is 0.323 e. The third-order valence-electron chi connectivity index (χ3n) is 4.34. The van der Waals surface area contributed by atoms with Crippen LogP contribution in [-0.2, 0) is 6.54 Å². The molecule has 0 unspecified atom stereocenters. The van der Waals surface area contributed by atoms with E-state index < -0.39 is 0 Å². The van der Waals surface area contributed by atoms with Crippen molar-refractivity contribution in [3.05, 3.63) is 42.6 Å². The van der Waals surface area contributed by atoms with E-state index in [1.165, 1.54) is 5.69 Å². The second kappa shape index (κ2) is 8.02. The van der Waals surface area contributed by atoms with Gasteiger partial charge in [-0.05, 0) is 26.2 Å². The van der Waals surface area contributed by atoms with E-state index in [0.29, 0.717) is 18.9 Å². The Morgan fingerprint density at radius 3 is 2.52 bits per heavy atom. The summed E-state index contributed by atoms with van der Waals surface area (Å²) in [6.07, 6.45) is 1.90. The molecule has 2 amide bonds. The molecule has 7 heteroatoms. The van der Waals surface area contributed by atoms with E-state index in [0.717, 1.165) is 26.2 Å². The second-order valence-electron chi connectivity index (χ2n) is 6.51. The molecule has 0 saturated carbocycles. The van der Waals surface area contributed by atoms with E-state index in [4.69, 9.17) is 0 Å². The van der Waals surface area contributed by atoms with E-state index in [-0.39, 0.29) is 6.03 Å². The first-order valence-electron chi connectivity index (χ1n) is 8.66. The zero-order chi connectivity index (χ0) is 17.6. The Labute approximate surface area is 148 Å². The van der Waals surface area contributed by atoms with Gasteiger partial charge in [0.25, 0.3) is 0 Å². The summed E-state index contributed by atoms with van der Waals surface area (Å²) >= 11 is 0. The minimum absolute atomic E-state index is 0.0782. The molecule has 1 fully saturated rings. The first kappa shape index (κ1) is 17.3. The summed E-state index contributed by atoms with van der Waals surface area (Å²) < 4.78 is 1.85. The molecule has 0 spiro atoms. The van der Waals surface area contributed by atoms with Crippen molar-refractivity contribution in [3.8, 4) is 0 Å². The molecule has 0 aliphatic carbocycles. The van der Waals surface area contributed by atoms with Crippen LogP contribution in [0.25, 0.3) is 0 Å². The molecule has 3 rings (SSSR count). The number of anilines is 2. The molecule has 1 aliphatic heterocycles. The Morgan fingerprint density at radius 2 is 1.84 bits per heavy atom. The number of carbonyl (C=O) groups excluding carboxylic acids is 1. The van der Waals surface area contributed by atoms with Gasteiger partial charge in [-0.15, -0.1) is 0 Å². The lowest BCUT2D eigenvalue weighted by molar-refractivity contribution is 0.208. The SMILES string of the molecule is CN(C)CCn1ccc(NC(=O)N2CCN(c3ccccc3)CC2)n1. The van der Waals surface area contributed by atoms with Crippen molar-refractivity contribution in [1.82, 2.24) is 19.6 Å². The van der Waals surface area contributed by atoms with Crippen LogP contribution in [0.5, 0.6) is 0 Å². The van der Waals surface area contributed by atoms with Gasteiger partial charge in [0.15, 0.2) is 5.82 Å². The van der Waals surface area contributed by atoms with Crippen LogP contribution in [0.1, 0.15) is 0 Å². The fourth-order valence-corrected chi connectivity index (χ4v) is 2.85. The van der Waals surface area contributed by atoms with E-state index in [1.807, 2.05) is 54.1 Å². The number of rotatable bonds is 5. The van der Waals surface area contributed by atoms with Gasteiger partial charge in [-0.1, -0.05) is 18.2 Å². The van der Waals surface area contributed by atoms with E-state index in [9.17, 15) is 4.79 Å². The number of hydrogen-bond acceptors (Lipinski definition) is 4. The lowest BCUT2D eigenvalue weighted by atomic mass is 10.2. The Kier molecular flexibility index (Phi) is 5.55. The molecule has 1 N–H and O–H groups in total. The maximum absolute atomic E-state index is 12.4. The highest BCUT2D eigenvalue weighted by Gasteiger charge is 2.21. The minimum atomic E-state index is -0.0782. The average Bonchev–Trinajstić information content (AvgIpc) is 3.08. The summed E-state index contributed by atoms with van der Waals surface area (Å²) in [7, 11) is 4.06. The quantitative estimate of drug-likeness (QED) is 0.900. The molecule has 2 aromatic rings. The average molecular weight is 342 g/mol. The number of likely N-dealkylation sites (N-methyl/N-ethyl adjacent to an activating group) is 1. The number of carbonyl (C=O) groups is 1. The third kappa shape index (κ3) is 4.73. The predicted molar refractivity (Wildman–Crippen MR) is 100 cm³/mol. The van der Waals surface area contributed by atoms with Crippen molar-refractivity contribution in [2.24, 2.45) is 0 Å². The molecule has 25 heavy (non-hydrogen) atoms. The Bertz CT molecular complexity index is 676. The normalized spacial score (nSPS) is 14.8. The molecular formula is C18H26N6O. The number of benzene rings is 1. The molecule has 0 bridgehead atoms. The van der Waals surface area contributed by atoms with Crippen LogP contribution in [0.4, 0.5) is 16.3 Å². The fraction of sp³-hybridized carbons (Fsp3) is 0.444. The fourth-order valence-electron chi connectivity index (χ4n) is 2.85. The minimum Gasteiger partial charge on any atom is -0.368 e. The van der Waals surface area contributed by atoms with Crippen LogP contribution in [-0.4, -0.2) is 72.4 Å². The number of nitrogens with zero attached hydrogens (tertiary/aromatic N) is 5. The molecule has 1 aliphatic rings. The summed E-state index contributed by atoms with van der Waals surface area (Å²) in [6, 6.07) is 12.1. The highest BCUT2D eigenvalue weighted by molar-refractivity contribution is 5.88. The van der Waals surface area contributed by atoms with Gasteiger partial charge in [0.05, 0.1) is 6.54 Å². The summed E-state index contributed by atoms with van der Waals surface area (Å²) in [5.41, 5.74) is 1.21. The number of hydrogen-bond donors (Lipinski definition) is 1. The topological polar surface area (TPSA) is 56.6 Å². The van der Waals surface area contributed by atoms with Gasteiger partial charge < -0.3 is 14.7 Å². The largest absolute Gasteiger partial charge is 0.368 e. The van der Waals surface area contributed by atoms with Crippen molar-refractivity contribution >= 4 is 17.5 Å². The van der Waals surface area contributed by atoms with Crippen LogP contribution >= 0.6 is 0 Å².